The second kappa shape index (κ2) is 8.36. The smallest absolute Gasteiger partial charge is 0.378 e. The van der Waals surface area contributed by atoms with Crippen LogP contribution >= 0.6 is 11.6 Å². The van der Waals surface area contributed by atoms with Gasteiger partial charge in [0.2, 0.25) is 0 Å². The van der Waals surface area contributed by atoms with Gasteiger partial charge in [-0.2, -0.15) is 13.2 Å². The van der Waals surface area contributed by atoms with E-state index in [0.29, 0.717) is 12.1 Å². The molecule has 3 aromatic rings. The monoisotopic (exact) mass is 504 g/mol. The highest BCUT2D eigenvalue weighted by Gasteiger charge is 2.42. The van der Waals surface area contributed by atoms with E-state index in [9.17, 15) is 21.6 Å². The number of hydrogen-bond acceptors (Lipinski definition) is 3. The Labute approximate surface area is 200 Å². The molecule has 0 aromatic heterocycles. The summed E-state index contributed by atoms with van der Waals surface area (Å²) in [5.41, 5.74) is 1.15. The number of benzene rings is 3. The molecular weight excluding hydrogens is 485 g/mol. The van der Waals surface area contributed by atoms with Crippen molar-refractivity contribution in [3.63, 3.8) is 0 Å². The maximum Gasteiger partial charge on any atom is 0.416 e. The van der Waals surface area contributed by atoms with E-state index in [4.69, 9.17) is 11.6 Å². The van der Waals surface area contributed by atoms with Crippen LogP contribution in [0.15, 0.2) is 83.8 Å². The summed E-state index contributed by atoms with van der Waals surface area (Å²) in [6.07, 6.45) is 0.00905. The summed E-state index contributed by atoms with van der Waals surface area (Å²) in [4.78, 5) is 0.0566. The van der Waals surface area contributed by atoms with E-state index < -0.39 is 27.8 Å². The Morgan fingerprint density at radius 1 is 0.971 bits per heavy atom. The molecule has 34 heavy (non-hydrogen) atoms. The van der Waals surface area contributed by atoms with Crippen molar-refractivity contribution in [1.82, 2.24) is 0 Å². The Bertz CT molecular complexity index is 1390. The van der Waals surface area contributed by atoms with E-state index in [-0.39, 0.29) is 33.0 Å². The zero-order chi connectivity index (χ0) is 24.1. The van der Waals surface area contributed by atoms with E-state index in [1.165, 1.54) is 18.2 Å². The van der Waals surface area contributed by atoms with Crippen molar-refractivity contribution in [1.29, 1.82) is 0 Å². The average molecular weight is 505 g/mol. The first-order chi connectivity index (χ1) is 16.1. The molecule has 1 heterocycles. The van der Waals surface area contributed by atoms with Gasteiger partial charge in [0.25, 0.3) is 10.0 Å². The second-order valence-electron chi connectivity index (χ2n) is 8.39. The Morgan fingerprint density at radius 2 is 1.71 bits per heavy atom. The standard InChI is InChI=1S/C25H20ClF3N2O2S/c26-21-10-3-4-11-23(21)31-34(32,33)15-12-13-22-19(14-15)16-7-5-8-17(16)24(30-22)18-6-1-2-9-20(18)25(27,28)29/h1-7,9-14,16-17,24,30-31H,8H2/t16-,17+,24-/m0/s1. The Balaban J connectivity index is 1.52. The number of nitrogens with one attached hydrogen (secondary N) is 2. The van der Waals surface area contributed by atoms with Crippen LogP contribution in [0.25, 0.3) is 0 Å². The number of hydrogen-bond donors (Lipinski definition) is 2. The number of halogens is 4. The van der Waals surface area contributed by atoms with Crippen molar-refractivity contribution in [3.8, 4) is 0 Å². The topological polar surface area (TPSA) is 58.2 Å². The highest BCUT2D eigenvalue weighted by Crippen LogP contribution is 2.51. The van der Waals surface area contributed by atoms with Crippen LogP contribution in [0.3, 0.4) is 0 Å². The third kappa shape index (κ3) is 4.05. The number of anilines is 2. The Kier molecular flexibility index (Phi) is 5.61. The highest BCUT2D eigenvalue weighted by atomic mass is 35.5. The zero-order valence-electron chi connectivity index (χ0n) is 17.7. The largest absolute Gasteiger partial charge is 0.416 e. The van der Waals surface area contributed by atoms with Crippen LogP contribution < -0.4 is 10.0 Å². The predicted octanol–water partition coefficient (Wildman–Crippen LogP) is 6.99. The number of allylic oxidation sites excluding steroid dienone is 2. The maximum absolute atomic E-state index is 13.7. The summed E-state index contributed by atoms with van der Waals surface area (Å²) in [5, 5.41) is 3.53. The second-order valence-corrected chi connectivity index (χ2v) is 10.5. The van der Waals surface area contributed by atoms with Crippen LogP contribution in [-0.2, 0) is 16.2 Å². The molecule has 0 amide bonds. The SMILES string of the molecule is O=S(=O)(Nc1ccccc1Cl)c1ccc2c(c1)[C@H]1C=CC[C@H]1[C@@H](c1ccccc1C(F)(F)F)N2. The van der Waals surface area contributed by atoms with Gasteiger partial charge < -0.3 is 5.32 Å². The Morgan fingerprint density at radius 3 is 2.47 bits per heavy atom. The van der Waals surface area contributed by atoms with Gasteiger partial charge in [0.15, 0.2) is 0 Å². The predicted molar refractivity (Wildman–Crippen MR) is 126 cm³/mol. The van der Waals surface area contributed by atoms with E-state index in [2.05, 4.69) is 10.0 Å². The number of alkyl halides is 3. The molecule has 0 spiro atoms. The molecule has 2 N–H and O–H groups in total. The lowest BCUT2D eigenvalue weighted by Gasteiger charge is -2.38. The number of rotatable bonds is 4. The summed E-state index contributed by atoms with van der Waals surface area (Å²) in [6, 6.07) is 16.2. The summed E-state index contributed by atoms with van der Waals surface area (Å²) in [7, 11) is -3.92. The van der Waals surface area contributed by atoms with Crippen LogP contribution in [0.1, 0.15) is 35.1 Å². The first kappa shape index (κ1) is 22.8. The lowest BCUT2D eigenvalue weighted by molar-refractivity contribution is -0.138. The number of sulfonamides is 1. The Hall–Kier alpha value is -2.97. The fourth-order valence-corrected chi connectivity index (χ4v) is 6.18. The van der Waals surface area contributed by atoms with Gasteiger partial charge in [0.05, 0.1) is 27.2 Å². The molecule has 3 atom stereocenters. The molecule has 0 saturated carbocycles. The molecule has 3 aromatic carbocycles. The lowest BCUT2D eigenvalue weighted by atomic mass is 9.76. The van der Waals surface area contributed by atoms with Gasteiger partial charge in [-0.1, -0.05) is 54.1 Å². The van der Waals surface area contributed by atoms with Crippen LogP contribution in [0.2, 0.25) is 5.02 Å². The average Bonchev–Trinajstić information content (AvgIpc) is 3.29. The molecule has 1 aliphatic carbocycles. The quantitative estimate of drug-likeness (QED) is 0.377. The van der Waals surface area contributed by atoms with Crippen LogP contribution in [0, 0.1) is 5.92 Å². The normalized spacial score (nSPS) is 21.5. The van der Waals surface area contributed by atoms with Crippen molar-refractivity contribution >= 4 is 33.0 Å². The van der Waals surface area contributed by atoms with Crippen LogP contribution in [0.4, 0.5) is 24.5 Å². The third-order valence-corrected chi connectivity index (χ3v) is 8.06. The van der Waals surface area contributed by atoms with E-state index in [1.807, 2.05) is 12.2 Å². The van der Waals surface area contributed by atoms with Gasteiger partial charge >= 0.3 is 6.18 Å². The van der Waals surface area contributed by atoms with E-state index in [1.54, 1.807) is 42.5 Å². The molecule has 0 radical (unpaired) electrons. The van der Waals surface area contributed by atoms with Crippen molar-refractivity contribution in [2.45, 2.75) is 29.5 Å². The number of fused-ring (bicyclic) bond motifs is 3. The molecule has 5 rings (SSSR count). The summed E-state index contributed by atoms with van der Waals surface area (Å²) < 4.78 is 69.7. The minimum Gasteiger partial charge on any atom is -0.378 e. The van der Waals surface area contributed by atoms with Gasteiger partial charge in [-0.15, -0.1) is 0 Å². The molecule has 1 aliphatic heterocycles. The molecular formula is C25H20ClF3N2O2S. The molecule has 176 valence electrons. The van der Waals surface area contributed by atoms with E-state index >= 15 is 0 Å². The fraction of sp³-hybridized carbons (Fsp3) is 0.200. The lowest BCUT2D eigenvalue weighted by Crippen LogP contribution is -2.31. The van der Waals surface area contributed by atoms with E-state index in [0.717, 1.165) is 11.6 Å². The van der Waals surface area contributed by atoms with Gasteiger partial charge in [-0.05, 0) is 59.9 Å². The first-order valence-electron chi connectivity index (χ1n) is 10.7. The third-order valence-electron chi connectivity index (χ3n) is 6.36. The minimum atomic E-state index is -4.47. The summed E-state index contributed by atoms with van der Waals surface area (Å²) >= 11 is 6.10. The molecule has 2 aliphatic rings. The first-order valence-corrected chi connectivity index (χ1v) is 12.5. The highest BCUT2D eigenvalue weighted by molar-refractivity contribution is 7.92. The maximum atomic E-state index is 13.7. The molecule has 9 heteroatoms. The van der Waals surface area contributed by atoms with Crippen molar-refractivity contribution < 1.29 is 21.6 Å². The summed E-state index contributed by atoms with van der Waals surface area (Å²) in [6.45, 7) is 0. The fourth-order valence-electron chi connectivity index (χ4n) is 4.82. The van der Waals surface area contributed by atoms with Crippen molar-refractivity contribution in [3.05, 3.63) is 101 Å². The van der Waals surface area contributed by atoms with Gasteiger partial charge in [-0.25, -0.2) is 8.42 Å². The van der Waals surface area contributed by atoms with Gasteiger partial charge in [0, 0.05) is 11.6 Å². The summed E-state index contributed by atoms with van der Waals surface area (Å²) in [5.74, 6) is -0.386. The van der Waals surface area contributed by atoms with Crippen LogP contribution in [0.5, 0.6) is 0 Å². The molecule has 0 unspecified atom stereocenters. The zero-order valence-corrected chi connectivity index (χ0v) is 19.3. The minimum absolute atomic E-state index is 0.0566. The van der Waals surface area contributed by atoms with Crippen molar-refractivity contribution in [2.75, 3.05) is 10.0 Å². The van der Waals surface area contributed by atoms with Crippen molar-refractivity contribution in [2.24, 2.45) is 5.92 Å². The molecule has 0 saturated heterocycles. The molecule has 4 nitrogen and oxygen atoms in total. The molecule has 0 bridgehead atoms. The molecule has 0 fully saturated rings. The van der Waals surface area contributed by atoms with Gasteiger partial charge in [0.1, 0.15) is 0 Å². The van der Waals surface area contributed by atoms with Crippen LogP contribution in [-0.4, -0.2) is 8.42 Å². The number of para-hydroxylation sites is 1. The van der Waals surface area contributed by atoms with Gasteiger partial charge in [-0.3, -0.25) is 4.72 Å².